The number of hydrogen-bond donors (Lipinski definition) is 0. The molecule has 2 aliphatic carbocycles. The molecule has 0 heterocycles. The summed E-state index contributed by atoms with van der Waals surface area (Å²) in [4.78, 5) is 13.3. The van der Waals surface area contributed by atoms with Crippen LogP contribution in [0.3, 0.4) is 0 Å². The van der Waals surface area contributed by atoms with E-state index in [1.807, 2.05) is 0 Å². The monoisotopic (exact) mass is 164 g/mol. The maximum absolute atomic E-state index is 11.6. The number of carbonyl (C=O) groups excluding carboxylic acids is 1. The SMILES string of the molecule is N#CCN(C(=O)C1CC1)C1CC1. The highest BCUT2D eigenvalue weighted by Crippen LogP contribution is 2.35. The van der Waals surface area contributed by atoms with Crippen molar-refractivity contribution in [2.75, 3.05) is 6.54 Å². The zero-order valence-corrected chi connectivity index (χ0v) is 6.99. The second-order valence-electron chi connectivity index (χ2n) is 3.63. The van der Waals surface area contributed by atoms with Crippen molar-refractivity contribution in [1.29, 1.82) is 5.26 Å². The molecule has 0 aromatic heterocycles. The Morgan fingerprint density at radius 3 is 2.50 bits per heavy atom. The van der Waals surface area contributed by atoms with Crippen LogP contribution in [-0.2, 0) is 4.79 Å². The first-order valence-corrected chi connectivity index (χ1v) is 4.50. The van der Waals surface area contributed by atoms with E-state index in [-0.39, 0.29) is 11.8 Å². The van der Waals surface area contributed by atoms with Gasteiger partial charge in [-0.15, -0.1) is 0 Å². The van der Waals surface area contributed by atoms with Gasteiger partial charge in [-0.1, -0.05) is 0 Å². The number of nitriles is 1. The summed E-state index contributed by atoms with van der Waals surface area (Å²) < 4.78 is 0. The molecule has 0 unspecified atom stereocenters. The van der Waals surface area contributed by atoms with E-state index in [1.54, 1.807) is 4.90 Å². The van der Waals surface area contributed by atoms with E-state index in [0.717, 1.165) is 25.7 Å². The van der Waals surface area contributed by atoms with Crippen molar-refractivity contribution in [2.24, 2.45) is 5.92 Å². The highest BCUT2D eigenvalue weighted by Gasteiger charge is 2.39. The molecule has 0 N–H and O–H groups in total. The third kappa shape index (κ3) is 1.42. The predicted molar refractivity (Wildman–Crippen MR) is 43.1 cm³/mol. The minimum atomic E-state index is 0.221. The van der Waals surface area contributed by atoms with Crippen molar-refractivity contribution in [3.05, 3.63) is 0 Å². The number of amides is 1. The average molecular weight is 164 g/mol. The van der Waals surface area contributed by atoms with Crippen LogP contribution in [0.1, 0.15) is 25.7 Å². The molecule has 0 aromatic rings. The molecule has 3 nitrogen and oxygen atoms in total. The number of hydrogen-bond acceptors (Lipinski definition) is 2. The van der Waals surface area contributed by atoms with E-state index in [0.29, 0.717) is 12.6 Å². The molecule has 3 heteroatoms. The molecule has 0 saturated heterocycles. The zero-order chi connectivity index (χ0) is 8.55. The molecule has 0 aromatic carbocycles. The first kappa shape index (κ1) is 7.60. The summed E-state index contributed by atoms with van der Waals surface area (Å²) in [5.74, 6) is 0.484. The highest BCUT2D eigenvalue weighted by molar-refractivity contribution is 5.81. The fourth-order valence-corrected chi connectivity index (χ4v) is 1.41. The van der Waals surface area contributed by atoms with Gasteiger partial charge < -0.3 is 4.90 Å². The van der Waals surface area contributed by atoms with Crippen LogP contribution in [0.15, 0.2) is 0 Å². The summed E-state index contributed by atoms with van der Waals surface area (Å²) in [6.07, 6.45) is 4.27. The highest BCUT2D eigenvalue weighted by atomic mass is 16.2. The summed E-state index contributed by atoms with van der Waals surface area (Å²) in [5, 5.41) is 8.52. The molecule has 0 radical (unpaired) electrons. The van der Waals surface area contributed by atoms with Gasteiger partial charge in [-0.2, -0.15) is 5.26 Å². The van der Waals surface area contributed by atoms with Crippen LogP contribution in [0.2, 0.25) is 0 Å². The van der Waals surface area contributed by atoms with Crippen molar-refractivity contribution < 1.29 is 4.79 Å². The molecular weight excluding hydrogens is 152 g/mol. The van der Waals surface area contributed by atoms with Crippen molar-refractivity contribution in [3.63, 3.8) is 0 Å². The maximum Gasteiger partial charge on any atom is 0.226 e. The van der Waals surface area contributed by atoms with Crippen molar-refractivity contribution in [3.8, 4) is 6.07 Å². The smallest absolute Gasteiger partial charge is 0.226 e. The van der Waals surface area contributed by atoms with E-state index in [9.17, 15) is 4.79 Å². The first-order valence-electron chi connectivity index (χ1n) is 4.50. The lowest BCUT2D eigenvalue weighted by Gasteiger charge is -2.18. The second-order valence-corrected chi connectivity index (χ2v) is 3.63. The van der Waals surface area contributed by atoms with Gasteiger partial charge in [0, 0.05) is 12.0 Å². The Hall–Kier alpha value is -1.04. The van der Waals surface area contributed by atoms with Crippen LogP contribution >= 0.6 is 0 Å². The molecule has 2 aliphatic rings. The Kier molecular flexibility index (Phi) is 1.76. The van der Waals surface area contributed by atoms with Gasteiger partial charge in [0.2, 0.25) is 5.91 Å². The van der Waals surface area contributed by atoms with Crippen LogP contribution in [-0.4, -0.2) is 23.4 Å². The summed E-state index contributed by atoms with van der Waals surface area (Å²) in [6.45, 7) is 0.292. The van der Waals surface area contributed by atoms with E-state index < -0.39 is 0 Å². The molecule has 1 amide bonds. The van der Waals surface area contributed by atoms with E-state index in [4.69, 9.17) is 5.26 Å². The van der Waals surface area contributed by atoms with Gasteiger partial charge >= 0.3 is 0 Å². The summed E-state index contributed by atoms with van der Waals surface area (Å²) in [6, 6.07) is 2.46. The Morgan fingerprint density at radius 2 is 2.08 bits per heavy atom. The largest absolute Gasteiger partial charge is 0.326 e. The van der Waals surface area contributed by atoms with Crippen LogP contribution in [0.5, 0.6) is 0 Å². The molecule has 0 spiro atoms. The maximum atomic E-state index is 11.6. The fourth-order valence-electron chi connectivity index (χ4n) is 1.41. The van der Waals surface area contributed by atoms with Crippen LogP contribution in [0, 0.1) is 17.2 Å². The van der Waals surface area contributed by atoms with Crippen molar-refractivity contribution >= 4 is 5.91 Å². The summed E-state index contributed by atoms with van der Waals surface area (Å²) in [7, 11) is 0. The summed E-state index contributed by atoms with van der Waals surface area (Å²) in [5.41, 5.74) is 0. The Balaban J connectivity index is 1.94. The molecule has 0 atom stereocenters. The quantitative estimate of drug-likeness (QED) is 0.582. The lowest BCUT2D eigenvalue weighted by Crippen LogP contribution is -2.34. The zero-order valence-electron chi connectivity index (χ0n) is 6.99. The summed E-state index contributed by atoms with van der Waals surface area (Å²) >= 11 is 0. The van der Waals surface area contributed by atoms with Crippen molar-refractivity contribution in [2.45, 2.75) is 31.7 Å². The van der Waals surface area contributed by atoms with Crippen LogP contribution in [0.25, 0.3) is 0 Å². The van der Waals surface area contributed by atoms with Gasteiger partial charge in [0.15, 0.2) is 0 Å². The third-order valence-corrected chi connectivity index (χ3v) is 2.44. The minimum Gasteiger partial charge on any atom is -0.326 e. The van der Waals surface area contributed by atoms with Gasteiger partial charge in [0.25, 0.3) is 0 Å². The predicted octanol–water partition coefficient (Wildman–Crippen LogP) is 0.911. The Bertz CT molecular complexity index is 235. The van der Waals surface area contributed by atoms with E-state index in [2.05, 4.69) is 6.07 Å². The van der Waals surface area contributed by atoms with E-state index in [1.165, 1.54) is 0 Å². The lowest BCUT2D eigenvalue weighted by atomic mass is 10.3. The number of carbonyl (C=O) groups is 1. The topological polar surface area (TPSA) is 44.1 Å². The lowest BCUT2D eigenvalue weighted by molar-refractivity contribution is -0.132. The fraction of sp³-hybridized carbons (Fsp3) is 0.778. The molecular formula is C9H12N2O. The molecule has 12 heavy (non-hydrogen) atoms. The third-order valence-electron chi connectivity index (χ3n) is 2.44. The van der Waals surface area contributed by atoms with Gasteiger partial charge in [-0.25, -0.2) is 0 Å². The first-order chi connectivity index (χ1) is 5.83. The molecule has 0 bridgehead atoms. The van der Waals surface area contributed by atoms with Gasteiger partial charge in [0.1, 0.15) is 6.54 Å². The van der Waals surface area contributed by atoms with E-state index >= 15 is 0 Å². The van der Waals surface area contributed by atoms with Gasteiger partial charge in [0.05, 0.1) is 6.07 Å². The molecule has 2 rings (SSSR count). The number of nitrogens with zero attached hydrogens (tertiary/aromatic N) is 2. The van der Waals surface area contributed by atoms with Crippen molar-refractivity contribution in [1.82, 2.24) is 4.90 Å². The second kappa shape index (κ2) is 2.78. The van der Waals surface area contributed by atoms with Crippen LogP contribution < -0.4 is 0 Å². The average Bonchev–Trinajstić information content (AvgIpc) is 2.88. The molecule has 0 aliphatic heterocycles. The minimum absolute atomic E-state index is 0.221. The van der Waals surface area contributed by atoms with Gasteiger partial charge in [-0.3, -0.25) is 4.79 Å². The Morgan fingerprint density at radius 1 is 1.42 bits per heavy atom. The van der Waals surface area contributed by atoms with Crippen LogP contribution in [0.4, 0.5) is 0 Å². The standard InChI is InChI=1S/C9H12N2O/c10-5-6-11(8-3-4-8)9(12)7-1-2-7/h7-8H,1-4,6H2. The molecule has 2 saturated carbocycles. The molecule has 2 fully saturated rings. The normalized spacial score (nSPS) is 21.6. The van der Waals surface area contributed by atoms with Gasteiger partial charge in [-0.05, 0) is 25.7 Å². The number of rotatable bonds is 3. The molecule has 64 valence electrons. The Labute approximate surface area is 72.0 Å².